The zero-order valence-corrected chi connectivity index (χ0v) is 11.0. The molecule has 0 radical (unpaired) electrons. The number of carbonyl (C=O) groups excluding carboxylic acids is 1. The van der Waals surface area contributed by atoms with Crippen molar-refractivity contribution in [2.24, 2.45) is 7.05 Å². The fourth-order valence-electron chi connectivity index (χ4n) is 2.23. The van der Waals surface area contributed by atoms with Crippen molar-refractivity contribution in [3.05, 3.63) is 35.8 Å². The van der Waals surface area contributed by atoms with Gasteiger partial charge in [-0.2, -0.15) is 0 Å². The summed E-state index contributed by atoms with van der Waals surface area (Å²) < 4.78 is 14.9. The van der Waals surface area contributed by atoms with Gasteiger partial charge in [0, 0.05) is 24.2 Å². The summed E-state index contributed by atoms with van der Waals surface area (Å²) in [5, 5.41) is 12.9. The molecule has 2 rings (SSSR count). The molecule has 0 aliphatic rings. The second-order valence-electron chi connectivity index (χ2n) is 4.47. The van der Waals surface area contributed by atoms with Crippen molar-refractivity contribution in [2.75, 3.05) is 13.2 Å². The summed E-state index contributed by atoms with van der Waals surface area (Å²) in [7, 11) is 1.76. The monoisotopic (exact) mass is 264 g/mol. The highest BCUT2D eigenvalue weighted by molar-refractivity contribution is 6.10. The predicted octanol–water partition coefficient (Wildman–Crippen LogP) is 1.47. The van der Waals surface area contributed by atoms with Gasteiger partial charge in [0.15, 0.2) is 5.78 Å². The lowest BCUT2D eigenvalue weighted by molar-refractivity contribution is 0.0901. The lowest BCUT2D eigenvalue weighted by Crippen LogP contribution is -2.39. The van der Waals surface area contributed by atoms with Crippen LogP contribution in [0.2, 0.25) is 0 Å². The number of nitrogens with one attached hydrogen (secondary N) is 1. The van der Waals surface area contributed by atoms with Crippen LogP contribution in [0.15, 0.2) is 24.4 Å². The van der Waals surface area contributed by atoms with Gasteiger partial charge in [-0.25, -0.2) is 4.39 Å². The average Bonchev–Trinajstić information content (AvgIpc) is 2.72. The minimum absolute atomic E-state index is 0.179. The van der Waals surface area contributed by atoms with Crippen LogP contribution < -0.4 is 5.32 Å². The van der Waals surface area contributed by atoms with Gasteiger partial charge in [-0.1, -0.05) is 6.92 Å². The van der Waals surface area contributed by atoms with Crippen molar-refractivity contribution in [3.8, 4) is 0 Å². The summed E-state index contributed by atoms with van der Waals surface area (Å²) in [5.41, 5.74) is 1.16. The molecule has 0 saturated heterocycles. The summed E-state index contributed by atoms with van der Waals surface area (Å²) in [4.78, 5) is 12.3. The van der Waals surface area contributed by atoms with Crippen molar-refractivity contribution >= 4 is 16.7 Å². The summed E-state index contributed by atoms with van der Waals surface area (Å²) in [6.07, 6.45) is 1.67. The maximum absolute atomic E-state index is 13.2. The zero-order chi connectivity index (χ0) is 14.0. The van der Waals surface area contributed by atoms with Crippen LogP contribution in [-0.2, 0) is 7.05 Å². The molecule has 2 N–H and O–H groups in total. The average molecular weight is 264 g/mol. The van der Waals surface area contributed by atoms with Crippen molar-refractivity contribution in [1.82, 2.24) is 9.88 Å². The first kappa shape index (κ1) is 13.7. The second kappa shape index (κ2) is 5.50. The van der Waals surface area contributed by atoms with Crippen molar-refractivity contribution in [1.29, 1.82) is 0 Å². The topological polar surface area (TPSA) is 54.3 Å². The Hall–Kier alpha value is -1.72. The normalized spacial score (nSPS) is 12.8. The molecule has 1 heterocycles. The predicted molar refractivity (Wildman–Crippen MR) is 71.8 cm³/mol. The third-order valence-electron chi connectivity index (χ3n) is 3.17. The van der Waals surface area contributed by atoms with Gasteiger partial charge in [0.1, 0.15) is 5.82 Å². The Morgan fingerprint density at radius 2 is 2.26 bits per heavy atom. The van der Waals surface area contributed by atoms with E-state index >= 15 is 0 Å². The van der Waals surface area contributed by atoms with E-state index < -0.39 is 6.04 Å². The van der Waals surface area contributed by atoms with Gasteiger partial charge in [0.05, 0.1) is 18.2 Å². The molecular formula is C14H17FN2O2. The van der Waals surface area contributed by atoms with Crippen molar-refractivity contribution in [2.45, 2.75) is 13.0 Å². The molecule has 0 aliphatic heterocycles. The Labute approximate surface area is 110 Å². The molecule has 19 heavy (non-hydrogen) atoms. The quantitative estimate of drug-likeness (QED) is 0.804. The van der Waals surface area contributed by atoms with Crippen LogP contribution in [0.1, 0.15) is 17.3 Å². The van der Waals surface area contributed by atoms with E-state index in [0.29, 0.717) is 23.0 Å². The molecule has 0 fully saturated rings. The molecule has 0 spiro atoms. The second-order valence-corrected chi connectivity index (χ2v) is 4.47. The Morgan fingerprint density at radius 3 is 2.89 bits per heavy atom. The number of halogens is 1. The molecule has 0 saturated carbocycles. The van der Waals surface area contributed by atoms with E-state index in [2.05, 4.69) is 5.32 Å². The number of fused-ring (bicyclic) bond motifs is 1. The number of likely N-dealkylation sites (N-methyl/N-ethyl adjacent to an activating group) is 1. The molecule has 0 amide bonds. The van der Waals surface area contributed by atoms with Crippen molar-refractivity contribution in [3.63, 3.8) is 0 Å². The van der Waals surface area contributed by atoms with E-state index in [9.17, 15) is 14.3 Å². The van der Waals surface area contributed by atoms with Crippen LogP contribution in [-0.4, -0.2) is 34.7 Å². The van der Waals surface area contributed by atoms with Crippen LogP contribution in [0.3, 0.4) is 0 Å². The smallest absolute Gasteiger partial charge is 0.184 e. The van der Waals surface area contributed by atoms with Crippen LogP contribution in [0.5, 0.6) is 0 Å². The number of aryl methyl sites for hydroxylation is 1. The number of Topliss-reactive ketones (excluding diaryl/α,β-unsaturated/α-hetero) is 1. The minimum atomic E-state index is -0.624. The summed E-state index contributed by atoms with van der Waals surface area (Å²) in [5.74, 6) is -0.514. The number of carbonyl (C=O) groups is 1. The summed E-state index contributed by atoms with van der Waals surface area (Å²) in [6.45, 7) is 2.20. The Balaban J connectivity index is 2.48. The van der Waals surface area contributed by atoms with Gasteiger partial charge in [-0.05, 0) is 24.7 Å². The third kappa shape index (κ3) is 2.52. The largest absolute Gasteiger partial charge is 0.394 e. The van der Waals surface area contributed by atoms with Gasteiger partial charge >= 0.3 is 0 Å². The van der Waals surface area contributed by atoms with Crippen LogP contribution >= 0.6 is 0 Å². The fraction of sp³-hybridized carbons (Fsp3) is 0.357. The molecule has 0 aliphatic carbocycles. The maximum atomic E-state index is 13.2. The standard InChI is InChI=1S/C14H17FN2O2/c1-3-16-12(8-18)14(19)11-7-17(2)13-6-9(15)4-5-10(11)13/h4-7,12,16,18H,3,8H2,1-2H3. The molecule has 1 aromatic heterocycles. The first-order valence-electron chi connectivity index (χ1n) is 6.21. The van der Waals surface area contributed by atoms with Gasteiger partial charge in [-0.3, -0.25) is 4.79 Å². The first-order valence-corrected chi connectivity index (χ1v) is 6.21. The molecule has 4 nitrogen and oxygen atoms in total. The molecule has 1 aromatic carbocycles. The number of aliphatic hydroxyl groups excluding tert-OH is 1. The lowest BCUT2D eigenvalue weighted by atomic mass is 10.0. The van der Waals surface area contributed by atoms with E-state index in [1.165, 1.54) is 12.1 Å². The number of aliphatic hydroxyl groups is 1. The van der Waals surface area contributed by atoms with Gasteiger partial charge in [0.25, 0.3) is 0 Å². The molecule has 2 aromatic rings. The molecule has 1 atom stereocenters. The number of nitrogens with zero attached hydrogens (tertiary/aromatic N) is 1. The Morgan fingerprint density at radius 1 is 1.53 bits per heavy atom. The SMILES string of the molecule is CCNC(CO)C(=O)c1cn(C)c2cc(F)ccc12. The highest BCUT2D eigenvalue weighted by Crippen LogP contribution is 2.22. The minimum Gasteiger partial charge on any atom is -0.394 e. The number of hydrogen-bond acceptors (Lipinski definition) is 3. The van der Waals surface area contributed by atoms with Crippen LogP contribution in [0.25, 0.3) is 10.9 Å². The number of hydrogen-bond donors (Lipinski definition) is 2. The van der Waals surface area contributed by atoms with Gasteiger partial charge in [-0.15, -0.1) is 0 Å². The third-order valence-corrected chi connectivity index (χ3v) is 3.17. The van der Waals surface area contributed by atoms with Crippen molar-refractivity contribution < 1.29 is 14.3 Å². The highest BCUT2D eigenvalue weighted by atomic mass is 19.1. The molecule has 102 valence electrons. The summed E-state index contributed by atoms with van der Waals surface area (Å²) >= 11 is 0. The Bertz CT molecular complexity index is 607. The number of rotatable bonds is 5. The lowest BCUT2D eigenvalue weighted by Gasteiger charge is -2.12. The molecule has 5 heteroatoms. The molecular weight excluding hydrogens is 247 g/mol. The van der Waals surface area contributed by atoms with Crippen LogP contribution in [0, 0.1) is 5.82 Å². The molecule has 0 bridgehead atoms. The maximum Gasteiger partial charge on any atom is 0.184 e. The Kier molecular flexibility index (Phi) is 3.97. The van der Waals surface area contributed by atoms with E-state index in [1.807, 2.05) is 6.92 Å². The number of aromatic nitrogens is 1. The summed E-state index contributed by atoms with van der Waals surface area (Å²) in [6, 6.07) is 3.70. The zero-order valence-electron chi connectivity index (χ0n) is 11.0. The van der Waals surface area contributed by atoms with Gasteiger partial charge < -0.3 is 15.0 Å². The first-order chi connectivity index (χ1) is 9.08. The van der Waals surface area contributed by atoms with Crippen LogP contribution in [0.4, 0.5) is 4.39 Å². The van der Waals surface area contributed by atoms with E-state index in [4.69, 9.17) is 0 Å². The van der Waals surface area contributed by atoms with Gasteiger partial charge in [0.2, 0.25) is 0 Å². The number of ketones is 1. The molecule has 1 unspecified atom stereocenters. The van der Waals surface area contributed by atoms with E-state index in [0.717, 1.165) is 0 Å². The van der Waals surface area contributed by atoms with E-state index in [1.54, 1.807) is 23.9 Å². The number of benzene rings is 1. The van der Waals surface area contributed by atoms with E-state index in [-0.39, 0.29) is 18.2 Å². The fourth-order valence-corrected chi connectivity index (χ4v) is 2.23. The highest BCUT2D eigenvalue weighted by Gasteiger charge is 2.22.